The number of primary amides is 1. The van der Waals surface area contributed by atoms with Crippen molar-refractivity contribution in [2.75, 3.05) is 13.7 Å². The molecule has 2 aromatic carbocycles. The fraction of sp³-hybridized carbons (Fsp3) is 0.217. The molecule has 4 N–H and O–H groups in total. The van der Waals surface area contributed by atoms with E-state index in [2.05, 4.69) is 5.32 Å². The minimum Gasteiger partial charge on any atom is -0.497 e. The molecule has 0 saturated heterocycles. The first-order valence-electron chi connectivity index (χ1n) is 9.92. The van der Waals surface area contributed by atoms with E-state index in [0.29, 0.717) is 11.3 Å². The first kappa shape index (κ1) is 23.3. The van der Waals surface area contributed by atoms with Crippen LogP contribution in [0, 0.1) is 0 Å². The lowest BCUT2D eigenvalue weighted by Gasteiger charge is -2.14. The van der Waals surface area contributed by atoms with Crippen molar-refractivity contribution < 1.29 is 38.5 Å². The van der Waals surface area contributed by atoms with Crippen LogP contribution in [0.1, 0.15) is 28.8 Å². The van der Waals surface area contributed by atoms with Crippen LogP contribution in [0.15, 0.2) is 48.2 Å². The normalized spacial score (nSPS) is 14.2. The van der Waals surface area contributed by atoms with Gasteiger partial charge in [-0.25, -0.2) is 4.79 Å². The van der Waals surface area contributed by atoms with E-state index in [9.17, 15) is 19.2 Å². The minimum atomic E-state index is -1.29. The van der Waals surface area contributed by atoms with E-state index in [1.165, 1.54) is 18.2 Å². The van der Waals surface area contributed by atoms with E-state index in [-0.39, 0.29) is 35.9 Å². The number of carboxylic acids is 1. The number of benzene rings is 2. The molecule has 172 valence electrons. The Labute approximate surface area is 188 Å². The number of carboxylic acid groups (broad SMARTS) is 1. The zero-order valence-electron chi connectivity index (χ0n) is 17.7. The highest BCUT2D eigenvalue weighted by Gasteiger charge is 2.28. The van der Waals surface area contributed by atoms with Gasteiger partial charge in [0.1, 0.15) is 23.3 Å². The van der Waals surface area contributed by atoms with E-state index in [1.807, 2.05) is 0 Å². The Hall–Kier alpha value is -4.34. The number of methoxy groups -OCH3 is 1. The zero-order valence-corrected chi connectivity index (χ0v) is 17.7. The van der Waals surface area contributed by atoms with Crippen molar-refractivity contribution in [1.29, 1.82) is 0 Å². The molecule has 1 aliphatic rings. The van der Waals surface area contributed by atoms with E-state index in [1.54, 1.807) is 37.5 Å². The summed E-state index contributed by atoms with van der Waals surface area (Å²) >= 11 is 0. The number of amides is 2. The second-order valence-corrected chi connectivity index (χ2v) is 7.12. The molecule has 2 amide bonds. The number of fused-ring (bicyclic) bond motifs is 1. The summed E-state index contributed by atoms with van der Waals surface area (Å²) in [6.45, 7) is -0.471. The number of allylic oxidation sites excluding steroid dienone is 1. The second-order valence-electron chi connectivity index (χ2n) is 7.12. The molecule has 10 nitrogen and oxygen atoms in total. The molecule has 0 aromatic heterocycles. The van der Waals surface area contributed by atoms with Crippen molar-refractivity contribution in [1.82, 2.24) is 5.32 Å². The van der Waals surface area contributed by atoms with Gasteiger partial charge in [-0.1, -0.05) is 12.1 Å². The van der Waals surface area contributed by atoms with Gasteiger partial charge in [0, 0.05) is 12.5 Å². The number of carbonyl (C=O) groups is 4. The van der Waals surface area contributed by atoms with Gasteiger partial charge in [0.2, 0.25) is 11.7 Å². The summed E-state index contributed by atoms with van der Waals surface area (Å²) in [5.74, 6) is -1.57. The van der Waals surface area contributed by atoms with Crippen molar-refractivity contribution in [3.63, 3.8) is 0 Å². The fourth-order valence-electron chi connectivity index (χ4n) is 3.04. The highest BCUT2D eigenvalue weighted by atomic mass is 16.5. The van der Waals surface area contributed by atoms with Gasteiger partial charge >= 0.3 is 5.97 Å². The highest BCUT2D eigenvalue weighted by molar-refractivity contribution is 6.14. The Morgan fingerprint density at radius 2 is 1.85 bits per heavy atom. The standard InChI is InChI=1S/C23H22N2O8/c1-31-14-4-2-13(3-5-14)10-19-22(28)16-7-6-15(11-18(16)33-19)32-12-21(27)25-17(23(29)30)8-9-20(24)26/h2-7,10-11,17H,8-9,12H2,1H3,(H2,24,26)(H,25,27)(H,29,30). The fourth-order valence-corrected chi connectivity index (χ4v) is 3.04. The quantitative estimate of drug-likeness (QED) is 0.457. The maximum absolute atomic E-state index is 12.6. The summed E-state index contributed by atoms with van der Waals surface area (Å²) < 4.78 is 16.2. The van der Waals surface area contributed by atoms with E-state index < -0.39 is 30.4 Å². The molecule has 0 bridgehead atoms. The third-order valence-electron chi connectivity index (χ3n) is 4.74. The number of rotatable bonds is 10. The van der Waals surface area contributed by atoms with Crippen molar-refractivity contribution in [2.45, 2.75) is 18.9 Å². The molecule has 1 aliphatic heterocycles. The van der Waals surface area contributed by atoms with Crippen LogP contribution in [0.3, 0.4) is 0 Å². The molecular weight excluding hydrogens is 432 g/mol. The Morgan fingerprint density at radius 1 is 1.15 bits per heavy atom. The molecule has 3 rings (SSSR count). The number of hydrogen-bond acceptors (Lipinski definition) is 7. The lowest BCUT2D eigenvalue weighted by atomic mass is 10.1. The van der Waals surface area contributed by atoms with Gasteiger partial charge < -0.3 is 30.4 Å². The summed E-state index contributed by atoms with van der Waals surface area (Å²) in [6.07, 6.45) is 1.29. The molecule has 2 aromatic rings. The molecule has 0 saturated carbocycles. The number of Topliss-reactive ketones (excluding diaryl/α,β-unsaturated/α-hetero) is 1. The number of nitrogens with one attached hydrogen (secondary N) is 1. The lowest BCUT2D eigenvalue weighted by Crippen LogP contribution is -2.43. The molecular formula is C23H22N2O8. The summed E-state index contributed by atoms with van der Waals surface area (Å²) in [5.41, 5.74) is 6.12. The summed E-state index contributed by atoms with van der Waals surface area (Å²) in [7, 11) is 1.56. The first-order valence-corrected chi connectivity index (χ1v) is 9.92. The van der Waals surface area contributed by atoms with Crippen LogP contribution in [0.2, 0.25) is 0 Å². The minimum absolute atomic E-state index is 0.130. The number of aliphatic carboxylic acids is 1. The van der Waals surface area contributed by atoms with E-state index in [4.69, 9.17) is 25.1 Å². The largest absolute Gasteiger partial charge is 0.497 e. The van der Waals surface area contributed by atoms with Crippen molar-refractivity contribution >= 4 is 29.6 Å². The third-order valence-corrected chi connectivity index (χ3v) is 4.74. The number of ether oxygens (including phenoxy) is 3. The number of nitrogens with two attached hydrogens (primary N) is 1. The third kappa shape index (κ3) is 6.10. The van der Waals surface area contributed by atoms with Gasteiger partial charge in [0.25, 0.3) is 5.91 Å². The van der Waals surface area contributed by atoms with Crippen molar-refractivity contribution in [3.8, 4) is 17.2 Å². The maximum atomic E-state index is 12.6. The molecule has 33 heavy (non-hydrogen) atoms. The number of hydrogen-bond donors (Lipinski definition) is 3. The predicted molar refractivity (Wildman–Crippen MR) is 116 cm³/mol. The van der Waals surface area contributed by atoms with Crippen LogP contribution in [0.25, 0.3) is 6.08 Å². The average molecular weight is 454 g/mol. The summed E-state index contributed by atoms with van der Waals surface area (Å²) in [6, 6.07) is 10.3. The SMILES string of the molecule is COc1ccc(C=C2Oc3cc(OCC(=O)NC(CCC(N)=O)C(=O)O)ccc3C2=O)cc1. The van der Waals surface area contributed by atoms with Crippen LogP contribution in [-0.2, 0) is 14.4 Å². The molecule has 1 unspecified atom stereocenters. The van der Waals surface area contributed by atoms with E-state index in [0.717, 1.165) is 5.56 Å². The van der Waals surface area contributed by atoms with Gasteiger partial charge in [0.15, 0.2) is 12.4 Å². The lowest BCUT2D eigenvalue weighted by molar-refractivity contribution is -0.142. The smallest absolute Gasteiger partial charge is 0.326 e. The monoisotopic (exact) mass is 454 g/mol. The molecule has 1 atom stereocenters. The van der Waals surface area contributed by atoms with Crippen LogP contribution < -0.4 is 25.3 Å². The van der Waals surface area contributed by atoms with Crippen LogP contribution >= 0.6 is 0 Å². The Bertz CT molecular complexity index is 1110. The Balaban J connectivity index is 1.61. The molecule has 1 heterocycles. The van der Waals surface area contributed by atoms with Gasteiger partial charge in [-0.15, -0.1) is 0 Å². The topological polar surface area (TPSA) is 154 Å². The Morgan fingerprint density at radius 3 is 2.48 bits per heavy atom. The second kappa shape index (κ2) is 10.3. The number of carbonyl (C=O) groups excluding carboxylic acids is 3. The average Bonchev–Trinajstić information content (AvgIpc) is 3.09. The zero-order chi connectivity index (χ0) is 24.0. The van der Waals surface area contributed by atoms with Crippen LogP contribution in [0.5, 0.6) is 17.2 Å². The summed E-state index contributed by atoms with van der Waals surface area (Å²) in [5, 5.41) is 11.4. The predicted octanol–water partition coefficient (Wildman–Crippen LogP) is 1.53. The summed E-state index contributed by atoms with van der Waals surface area (Å²) in [4.78, 5) is 46.7. The van der Waals surface area contributed by atoms with Gasteiger partial charge in [-0.3, -0.25) is 14.4 Å². The Kier molecular flexibility index (Phi) is 7.29. The van der Waals surface area contributed by atoms with Gasteiger partial charge in [-0.2, -0.15) is 0 Å². The highest BCUT2D eigenvalue weighted by Crippen LogP contribution is 2.35. The van der Waals surface area contributed by atoms with Gasteiger partial charge in [0.05, 0.1) is 12.7 Å². The molecule has 0 radical (unpaired) electrons. The van der Waals surface area contributed by atoms with Crippen molar-refractivity contribution in [2.24, 2.45) is 5.73 Å². The van der Waals surface area contributed by atoms with Crippen molar-refractivity contribution in [3.05, 3.63) is 59.4 Å². The van der Waals surface area contributed by atoms with E-state index >= 15 is 0 Å². The van der Waals surface area contributed by atoms with Crippen LogP contribution in [-0.4, -0.2) is 48.4 Å². The first-order chi connectivity index (χ1) is 15.8. The molecule has 0 fully saturated rings. The molecule has 0 aliphatic carbocycles. The van der Waals surface area contributed by atoms with Gasteiger partial charge in [-0.05, 0) is 42.3 Å². The maximum Gasteiger partial charge on any atom is 0.326 e. The molecule has 0 spiro atoms. The number of ketones is 1. The molecule has 10 heteroatoms. The van der Waals surface area contributed by atoms with Crippen LogP contribution in [0.4, 0.5) is 0 Å².